The van der Waals surface area contributed by atoms with Crippen molar-refractivity contribution in [3.05, 3.63) is 29.3 Å². The molecule has 0 spiro atoms. The summed E-state index contributed by atoms with van der Waals surface area (Å²) in [6.07, 6.45) is 3.38. The molecule has 2 rings (SSSR count). The molecule has 1 aliphatic rings. The van der Waals surface area contributed by atoms with Gasteiger partial charge in [0.15, 0.2) is 0 Å². The summed E-state index contributed by atoms with van der Waals surface area (Å²) in [5.41, 5.74) is 2.60. The van der Waals surface area contributed by atoms with Crippen LogP contribution in [0.2, 0.25) is 0 Å². The van der Waals surface area contributed by atoms with Gasteiger partial charge in [0.1, 0.15) is 0 Å². The first-order chi connectivity index (χ1) is 10.5. The highest BCUT2D eigenvalue weighted by molar-refractivity contribution is 8.13. The van der Waals surface area contributed by atoms with Gasteiger partial charge >= 0.3 is 5.97 Å². The number of rotatable bonds is 4. The van der Waals surface area contributed by atoms with Crippen LogP contribution in [0.15, 0.2) is 23.1 Å². The number of carbonyl (C=O) groups excluding carboxylic acids is 2. The maximum absolute atomic E-state index is 11.8. The van der Waals surface area contributed by atoms with Gasteiger partial charge in [-0.3, -0.25) is 9.59 Å². The normalized spacial score (nSPS) is 16.8. The summed E-state index contributed by atoms with van der Waals surface area (Å²) in [6, 6.07) is 6.21. The second kappa shape index (κ2) is 7.68. The minimum Gasteiger partial charge on any atom is -0.466 e. The molecule has 1 unspecified atom stereocenters. The number of carbonyl (C=O) groups is 2. The molecule has 1 aliphatic carbocycles. The zero-order valence-corrected chi connectivity index (χ0v) is 14.2. The second-order valence-corrected chi connectivity index (χ2v) is 6.84. The van der Waals surface area contributed by atoms with E-state index in [0.717, 1.165) is 24.2 Å². The van der Waals surface area contributed by atoms with Crippen molar-refractivity contribution in [3.8, 4) is 0 Å². The molecule has 120 valence electrons. The Morgan fingerprint density at radius 2 is 2.09 bits per heavy atom. The Hall–Kier alpha value is -1.49. The van der Waals surface area contributed by atoms with E-state index in [1.807, 2.05) is 13.0 Å². The lowest BCUT2D eigenvalue weighted by molar-refractivity contribution is -0.144. The molecular formula is C17H23NO3S. The molecule has 5 heteroatoms. The number of fused-ring (bicyclic) bond motifs is 1. The summed E-state index contributed by atoms with van der Waals surface area (Å²) in [7, 11) is 3.52. The first kappa shape index (κ1) is 16.9. The van der Waals surface area contributed by atoms with Crippen molar-refractivity contribution in [2.45, 2.75) is 37.5 Å². The zero-order valence-electron chi connectivity index (χ0n) is 13.4. The SMILES string of the molecule is CCOC(=O)CC1CCc2cc(SC(=O)N(C)C)ccc2C1. The van der Waals surface area contributed by atoms with Gasteiger partial charge in [0, 0.05) is 25.4 Å². The maximum Gasteiger partial charge on any atom is 0.306 e. The fourth-order valence-corrected chi connectivity index (χ4v) is 3.41. The summed E-state index contributed by atoms with van der Waals surface area (Å²) < 4.78 is 5.03. The second-order valence-electron chi connectivity index (χ2n) is 5.81. The largest absolute Gasteiger partial charge is 0.466 e. The predicted molar refractivity (Wildman–Crippen MR) is 88.1 cm³/mol. The number of hydrogen-bond donors (Lipinski definition) is 0. The van der Waals surface area contributed by atoms with Gasteiger partial charge in [-0.15, -0.1) is 0 Å². The van der Waals surface area contributed by atoms with E-state index in [2.05, 4.69) is 12.1 Å². The third-order valence-electron chi connectivity index (χ3n) is 3.84. The van der Waals surface area contributed by atoms with E-state index in [-0.39, 0.29) is 11.2 Å². The van der Waals surface area contributed by atoms with Crippen molar-refractivity contribution < 1.29 is 14.3 Å². The summed E-state index contributed by atoms with van der Waals surface area (Å²) >= 11 is 1.26. The molecule has 0 heterocycles. The molecule has 0 radical (unpaired) electrons. The highest BCUT2D eigenvalue weighted by Gasteiger charge is 2.22. The molecule has 1 amide bonds. The van der Waals surface area contributed by atoms with Crippen molar-refractivity contribution in [2.24, 2.45) is 5.92 Å². The Morgan fingerprint density at radius 1 is 1.32 bits per heavy atom. The van der Waals surface area contributed by atoms with Crippen molar-refractivity contribution in [1.29, 1.82) is 0 Å². The average molecular weight is 321 g/mol. The fraction of sp³-hybridized carbons (Fsp3) is 0.529. The Balaban J connectivity index is 1.99. The first-order valence-electron chi connectivity index (χ1n) is 7.66. The molecule has 0 aromatic heterocycles. The lowest BCUT2D eigenvalue weighted by atomic mass is 9.82. The van der Waals surface area contributed by atoms with Crippen LogP contribution in [0, 0.1) is 5.92 Å². The molecule has 22 heavy (non-hydrogen) atoms. The van der Waals surface area contributed by atoms with E-state index in [1.165, 1.54) is 22.9 Å². The van der Waals surface area contributed by atoms with Gasteiger partial charge in [-0.2, -0.15) is 0 Å². The van der Waals surface area contributed by atoms with Crippen LogP contribution < -0.4 is 0 Å². The van der Waals surface area contributed by atoms with Crippen LogP contribution in [0.5, 0.6) is 0 Å². The van der Waals surface area contributed by atoms with Crippen LogP contribution in [0.3, 0.4) is 0 Å². The summed E-state index contributed by atoms with van der Waals surface area (Å²) in [5.74, 6) is 0.271. The number of hydrogen-bond acceptors (Lipinski definition) is 4. The molecule has 0 N–H and O–H groups in total. The molecule has 4 nitrogen and oxygen atoms in total. The third kappa shape index (κ3) is 4.50. The molecule has 0 bridgehead atoms. The summed E-state index contributed by atoms with van der Waals surface area (Å²) in [6.45, 7) is 2.28. The molecule has 1 aromatic carbocycles. The quantitative estimate of drug-likeness (QED) is 0.629. The Bertz CT molecular complexity index is 557. The lowest BCUT2D eigenvalue weighted by Crippen LogP contribution is -2.19. The van der Waals surface area contributed by atoms with E-state index < -0.39 is 0 Å². The number of aryl methyl sites for hydroxylation is 1. The van der Waals surface area contributed by atoms with Gasteiger partial charge in [-0.25, -0.2) is 0 Å². The summed E-state index contributed by atoms with van der Waals surface area (Å²) in [4.78, 5) is 25.9. The number of amides is 1. The monoisotopic (exact) mass is 321 g/mol. The van der Waals surface area contributed by atoms with Crippen molar-refractivity contribution in [3.63, 3.8) is 0 Å². The van der Waals surface area contributed by atoms with Crippen LogP contribution in [-0.4, -0.2) is 36.8 Å². The van der Waals surface area contributed by atoms with Gasteiger partial charge in [-0.1, -0.05) is 6.07 Å². The molecule has 0 fully saturated rings. The average Bonchev–Trinajstić information content (AvgIpc) is 2.47. The number of nitrogens with zero attached hydrogens (tertiary/aromatic N) is 1. The molecular weight excluding hydrogens is 298 g/mol. The number of benzene rings is 1. The number of ether oxygens (including phenoxy) is 1. The fourth-order valence-electron chi connectivity index (χ4n) is 2.69. The molecule has 0 aliphatic heterocycles. The minimum atomic E-state index is -0.0975. The van der Waals surface area contributed by atoms with E-state index in [1.54, 1.807) is 19.0 Å². The molecule has 0 saturated heterocycles. The van der Waals surface area contributed by atoms with Gasteiger partial charge in [0.25, 0.3) is 5.24 Å². The highest BCUT2D eigenvalue weighted by atomic mass is 32.2. The van der Waals surface area contributed by atoms with Crippen LogP contribution >= 0.6 is 11.8 Å². The van der Waals surface area contributed by atoms with Gasteiger partial charge in [0.05, 0.1) is 6.61 Å². The minimum absolute atomic E-state index is 0.0379. The van der Waals surface area contributed by atoms with Crippen LogP contribution in [-0.2, 0) is 22.4 Å². The van der Waals surface area contributed by atoms with E-state index >= 15 is 0 Å². The van der Waals surface area contributed by atoms with Crippen LogP contribution in [0.4, 0.5) is 4.79 Å². The maximum atomic E-state index is 11.8. The standard InChI is InChI=1S/C17H23NO3S/c1-4-21-16(19)10-12-5-6-14-11-15(8-7-13(14)9-12)22-17(20)18(2)3/h7-8,11-12H,4-6,9-10H2,1-3H3. The van der Waals surface area contributed by atoms with Gasteiger partial charge in [-0.05, 0) is 67.1 Å². The number of thioether (sulfide) groups is 1. The van der Waals surface area contributed by atoms with Gasteiger partial charge < -0.3 is 9.64 Å². The highest BCUT2D eigenvalue weighted by Crippen LogP contribution is 2.31. The van der Waals surface area contributed by atoms with Crippen molar-refractivity contribution in [2.75, 3.05) is 20.7 Å². The van der Waals surface area contributed by atoms with Crippen molar-refractivity contribution in [1.82, 2.24) is 4.90 Å². The van der Waals surface area contributed by atoms with E-state index in [4.69, 9.17) is 4.74 Å². The molecule has 1 aromatic rings. The first-order valence-corrected chi connectivity index (χ1v) is 8.47. The zero-order chi connectivity index (χ0) is 16.1. The molecule has 1 atom stereocenters. The molecule has 0 saturated carbocycles. The smallest absolute Gasteiger partial charge is 0.306 e. The Labute approximate surface area is 136 Å². The Kier molecular flexibility index (Phi) is 5.89. The number of esters is 1. The van der Waals surface area contributed by atoms with E-state index in [9.17, 15) is 9.59 Å². The topological polar surface area (TPSA) is 46.6 Å². The predicted octanol–water partition coefficient (Wildman–Crippen LogP) is 3.52. The Morgan fingerprint density at radius 3 is 2.77 bits per heavy atom. The van der Waals surface area contributed by atoms with E-state index in [0.29, 0.717) is 18.9 Å². The lowest BCUT2D eigenvalue weighted by Gasteiger charge is -2.24. The van der Waals surface area contributed by atoms with Crippen LogP contribution in [0.1, 0.15) is 30.9 Å². The van der Waals surface area contributed by atoms with Gasteiger partial charge in [0.2, 0.25) is 0 Å². The summed E-state index contributed by atoms with van der Waals surface area (Å²) in [5, 5.41) is 0.0379. The third-order valence-corrected chi connectivity index (χ3v) is 4.87. The van der Waals surface area contributed by atoms with Crippen LogP contribution in [0.25, 0.3) is 0 Å². The van der Waals surface area contributed by atoms with Crippen molar-refractivity contribution >= 4 is 23.0 Å².